The van der Waals surface area contributed by atoms with Crippen LogP contribution in [0.2, 0.25) is 0 Å². The van der Waals surface area contributed by atoms with Gasteiger partial charge in [0.05, 0.1) is 11.3 Å². The van der Waals surface area contributed by atoms with Gasteiger partial charge in [0.25, 0.3) is 11.8 Å². The summed E-state index contributed by atoms with van der Waals surface area (Å²) in [7, 11) is 0. The Kier molecular flexibility index (Phi) is 3.37. The first kappa shape index (κ1) is 16.6. The predicted molar refractivity (Wildman–Crippen MR) is 110 cm³/mol. The van der Waals surface area contributed by atoms with Crippen LogP contribution in [0.15, 0.2) is 66.7 Å². The molecule has 0 fully saturated rings. The van der Waals surface area contributed by atoms with Gasteiger partial charge in [-0.05, 0) is 43.2 Å². The van der Waals surface area contributed by atoms with E-state index in [0.29, 0.717) is 16.9 Å². The summed E-state index contributed by atoms with van der Waals surface area (Å²) in [5.41, 5.74) is 3.95. The molecular weight excluding hydrogens is 350 g/mol. The molecule has 0 bridgehead atoms. The van der Waals surface area contributed by atoms with Crippen LogP contribution >= 0.6 is 0 Å². The van der Waals surface area contributed by atoms with Gasteiger partial charge in [-0.3, -0.25) is 14.5 Å². The lowest BCUT2D eigenvalue weighted by Gasteiger charge is -2.45. The van der Waals surface area contributed by atoms with Gasteiger partial charge in [-0.2, -0.15) is 0 Å². The molecule has 5 nitrogen and oxygen atoms in total. The number of aryl methyl sites for hydroxylation is 2. The number of carbonyl (C=O) groups excluding carboxylic acids is 2. The first-order valence-electron chi connectivity index (χ1n) is 9.23. The fourth-order valence-corrected chi connectivity index (χ4v) is 4.32. The van der Waals surface area contributed by atoms with Crippen LogP contribution in [-0.2, 0) is 10.5 Å². The molecule has 0 aliphatic carbocycles. The Balaban J connectivity index is 1.87. The van der Waals surface area contributed by atoms with E-state index in [1.165, 1.54) is 0 Å². The highest BCUT2D eigenvalue weighted by molar-refractivity contribution is 6.22. The van der Waals surface area contributed by atoms with Gasteiger partial charge < -0.3 is 10.6 Å². The van der Waals surface area contributed by atoms with Gasteiger partial charge in [-0.15, -0.1) is 0 Å². The zero-order valence-corrected chi connectivity index (χ0v) is 15.6. The molecule has 28 heavy (non-hydrogen) atoms. The molecule has 1 spiro atoms. The molecule has 2 N–H and O–H groups in total. The Morgan fingerprint density at radius 2 is 1.43 bits per heavy atom. The Morgan fingerprint density at radius 3 is 2.18 bits per heavy atom. The fraction of sp³-hybridized carbons (Fsp3) is 0.130. The molecule has 3 aromatic rings. The SMILES string of the molecule is Cc1cccc(C)c1N1C(=O)c2ccccc2N[C@@]12C(=O)Nc1ccccc12. The third kappa shape index (κ3) is 2.01. The molecular formula is C23H19N3O2. The normalized spacial score (nSPS) is 19.9. The topological polar surface area (TPSA) is 61.4 Å². The van der Waals surface area contributed by atoms with Crippen molar-refractivity contribution in [3.05, 3.63) is 89.0 Å². The lowest BCUT2D eigenvalue weighted by atomic mass is 9.91. The van der Waals surface area contributed by atoms with Gasteiger partial charge in [-0.25, -0.2) is 0 Å². The number of hydrogen-bond acceptors (Lipinski definition) is 3. The summed E-state index contributed by atoms with van der Waals surface area (Å²) in [5.74, 6) is -0.460. The molecule has 0 unspecified atom stereocenters. The van der Waals surface area contributed by atoms with Crippen molar-refractivity contribution in [2.75, 3.05) is 15.5 Å². The highest BCUT2D eigenvalue weighted by Crippen LogP contribution is 2.48. The van der Waals surface area contributed by atoms with E-state index in [1.54, 1.807) is 11.0 Å². The second kappa shape index (κ2) is 5.70. The average Bonchev–Trinajstić information content (AvgIpc) is 2.96. The second-order valence-electron chi connectivity index (χ2n) is 7.26. The summed E-state index contributed by atoms with van der Waals surface area (Å²) >= 11 is 0. The number of fused-ring (bicyclic) bond motifs is 3. The number of nitrogens with one attached hydrogen (secondary N) is 2. The minimum Gasteiger partial charge on any atom is -0.350 e. The van der Waals surface area contributed by atoms with Gasteiger partial charge in [0.15, 0.2) is 0 Å². The maximum Gasteiger partial charge on any atom is 0.276 e. The van der Waals surface area contributed by atoms with Crippen LogP contribution in [0.5, 0.6) is 0 Å². The molecule has 2 aliphatic rings. The minimum absolute atomic E-state index is 0.196. The van der Waals surface area contributed by atoms with Gasteiger partial charge >= 0.3 is 0 Å². The summed E-state index contributed by atoms with van der Waals surface area (Å²) in [5, 5.41) is 6.36. The number of nitrogens with zero attached hydrogens (tertiary/aromatic N) is 1. The van der Waals surface area contributed by atoms with Crippen molar-refractivity contribution in [3.8, 4) is 0 Å². The summed E-state index contributed by atoms with van der Waals surface area (Å²) in [6.45, 7) is 3.92. The predicted octanol–water partition coefficient (Wildman–Crippen LogP) is 4.18. The molecule has 2 aliphatic heterocycles. The molecule has 5 heteroatoms. The van der Waals surface area contributed by atoms with Crippen LogP contribution < -0.4 is 15.5 Å². The lowest BCUT2D eigenvalue weighted by molar-refractivity contribution is -0.119. The van der Waals surface area contributed by atoms with E-state index in [4.69, 9.17) is 0 Å². The number of benzene rings is 3. The Morgan fingerprint density at radius 1 is 0.786 bits per heavy atom. The standard InChI is InChI=1S/C23H19N3O2/c1-14-8-7-9-15(2)20(14)26-21(27)16-10-3-5-12-18(16)25-23(26)17-11-4-6-13-19(17)24-22(23)28/h3-13,25H,1-2H3,(H,24,28)/t23-/m1/s1. The van der Waals surface area contributed by atoms with Gasteiger partial charge in [-0.1, -0.05) is 48.5 Å². The zero-order chi connectivity index (χ0) is 19.5. The van der Waals surface area contributed by atoms with E-state index in [9.17, 15) is 9.59 Å². The van der Waals surface area contributed by atoms with Crippen molar-refractivity contribution in [2.24, 2.45) is 0 Å². The first-order valence-corrected chi connectivity index (χ1v) is 9.23. The van der Waals surface area contributed by atoms with Crippen molar-refractivity contribution in [3.63, 3.8) is 0 Å². The highest BCUT2D eigenvalue weighted by atomic mass is 16.2. The molecule has 0 aromatic heterocycles. The Bertz CT molecular complexity index is 1130. The number of carbonyl (C=O) groups is 2. The highest BCUT2D eigenvalue weighted by Gasteiger charge is 2.57. The summed E-state index contributed by atoms with van der Waals surface area (Å²) < 4.78 is 0. The van der Waals surface area contributed by atoms with Gasteiger partial charge in [0.2, 0.25) is 5.66 Å². The third-order valence-electron chi connectivity index (χ3n) is 5.57. The first-order chi connectivity index (χ1) is 13.5. The van der Waals surface area contributed by atoms with E-state index >= 15 is 0 Å². The van der Waals surface area contributed by atoms with Crippen LogP contribution in [0.4, 0.5) is 17.1 Å². The van der Waals surface area contributed by atoms with Crippen LogP contribution in [0.3, 0.4) is 0 Å². The summed E-state index contributed by atoms with van der Waals surface area (Å²) in [6, 6.07) is 20.7. The fourth-order valence-electron chi connectivity index (χ4n) is 4.32. The van der Waals surface area contributed by atoms with Crippen LogP contribution in [0.25, 0.3) is 0 Å². The minimum atomic E-state index is -1.33. The Hall–Kier alpha value is -3.60. The molecule has 0 saturated heterocycles. The van der Waals surface area contributed by atoms with Crippen molar-refractivity contribution in [1.29, 1.82) is 0 Å². The molecule has 5 rings (SSSR count). The van der Waals surface area contributed by atoms with Crippen molar-refractivity contribution in [2.45, 2.75) is 19.5 Å². The largest absolute Gasteiger partial charge is 0.350 e. The van der Waals surface area contributed by atoms with Crippen molar-refractivity contribution < 1.29 is 9.59 Å². The molecule has 0 radical (unpaired) electrons. The van der Waals surface area contributed by atoms with Crippen molar-refractivity contribution in [1.82, 2.24) is 0 Å². The van der Waals surface area contributed by atoms with Crippen LogP contribution in [0.1, 0.15) is 27.0 Å². The van der Waals surface area contributed by atoms with E-state index in [-0.39, 0.29) is 11.8 Å². The van der Waals surface area contributed by atoms with E-state index in [2.05, 4.69) is 10.6 Å². The molecule has 2 heterocycles. The van der Waals surface area contributed by atoms with E-state index < -0.39 is 5.66 Å². The van der Waals surface area contributed by atoms with E-state index in [1.807, 2.05) is 74.5 Å². The second-order valence-corrected chi connectivity index (χ2v) is 7.26. The Labute approximate surface area is 163 Å². The zero-order valence-electron chi connectivity index (χ0n) is 15.6. The molecule has 1 atom stereocenters. The smallest absolute Gasteiger partial charge is 0.276 e. The lowest BCUT2D eigenvalue weighted by Crippen LogP contribution is -2.62. The molecule has 0 saturated carbocycles. The molecule has 2 amide bonds. The maximum absolute atomic E-state index is 13.7. The average molecular weight is 369 g/mol. The summed E-state index contributed by atoms with van der Waals surface area (Å²) in [4.78, 5) is 28.8. The molecule has 3 aromatic carbocycles. The summed E-state index contributed by atoms with van der Waals surface area (Å²) in [6.07, 6.45) is 0. The third-order valence-corrected chi connectivity index (χ3v) is 5.57. The number of anilines is 3. The number of amides is 2. The number of hydrogen-bond donors (Lipinski definition) is 2. The number of para-hydroxylation sites is 3. The van der Waals surface area contributed by atoms with Gasteiger partial charge in [0, 0.05) is 16.9 Å². The van der Waals surface area contributed by atoms with Crippen molar-refractivity contribution >= 4 is 28.9 Å². The number of rotatable bonds is 1. The maximum atomic E-state index is 13.7. The molecule has 138 valence electrons. The monoisotopic (exact) mass is 369 g/mol. The van der Waals surface area contributed by atoms with Crippen LogP contribution in [0, 0.1) is 13.8 Å². The van der Waals surface area contributed by atoms with Crippen LogP contribution in [-0.4, -0.2) is 11.8 Å². The van der Waals surface area contributed by atoms with E-state index in [0.717, 1.165) is 22.4 Å². The van der Waals surface area contributed by atoms with Gasteiger partial charge in [0.1, 0.15) is 0 Å². The quantitative estimate of drug-likeness (QED) is 0.676.